The normalized spacial score (nSPS) is 12.7. The summed E-state index contributed by atoms with van der Waals surface area (Å²) in [6.07, 6.45) is -0.746. The van der Waals surface area contributed by atoms with Crippen molar-refractivity contribution in [2.45, 2.75) is 32.5 Å². The third-order valence-electron chi connectivity index (χ3n) is 5.12. The second-order valence-electron chi connectivity index (χ2n) is 7.74. The van der Waals surface area contributed by atoms with Gasteiger partial charge in [-0.3, -0.25) is 9.78 Å². The molecule has 3 aromatic rings. The largest absolute Gasteiger partial charge is 0.399 e. The molecule has 0 fully saturated rings. The molecule has 1 aromatic heterocycles. The van der Waals surface area contributed by atoms with Gasteiger partial charge in [0.25, 0.3) is 5.91 Å². The molecule has 0 saturated carbocycles. The quantitative estimate of drug-likeness (QED) is 0.276. The molecule has 1 heterocycles. The van der Waals surface area contributed by atoms with Crippen LogP contribution in [0.5, 0.6) is 0 Å². The fourth-order valence-electron chi connectivity index (χ4n) is 3.30. The van der Waals surface area contributed by atoms with Gasteiger partial charge in [0.15, 0.2) is 5.82 Å². The van der Waals surface area contributed by atoms with Crippen LogP contribution in [0.2, 0.25) is 10.0 Å². The minimum absolute atomic E-state index is 0.279. The van der Waals surface area contributed by atoms with E-state index in [1.54, 1.807) is 31.3 Å². The number of amides is 1. The molecule has 0 aliphatic rings. The maximum Gasteiger partial charge on any atom is 0.399 e. The number of halogens is 6. The van der Waals surface area contributed by atoms with Gasteiger partial charge in [0, 0.05) is 24.0 Å². The van der Waals surface area contributed by atoms with E-state index in [1.807, 2.05) is 19.1 Å². The lowest BCUT2D eigenvalue weighted by Crippen LogP contribution is -2.23. The van der Waals surface area contributed by atoms with E-state index in [0.717, 1.165) is 29.5 Å². The molecule has 0 bridgehead atoms. The molecule has 1 atom stereocenters. The number of rotatable bonds is 6. The maximum absolute atomic E-state index is 13.7. The number of hydrogen-bond donors (Lipinski definition) is 1. The summed E-state index contributed by atoms with van der Waals surface area (Å²) in [5.74, 6) is -3.33. The lowest BCUT2D eigenvalue weighted by molar-refractivity contribution is -0.139. The predicted octanol–water partition coefficient (Wildman–Crippen LogP) is 7.43. The van der Waals surface area contributed by atoms with Crippen LogP contribution in [-0.4, -0.2) is 17.1 Å². The monoisotopic (exact) mass is 510 g/mol. The molecule has 0 spiro atoms. The molecular formula is C25H20Cl2F4N2O. The van der Waals surface area contributed by atoms with Gasteiger partial charge in [0.1, 0.15) is 0 Å². The van der Waals surface area contributed by atoms with Crippen molar-refractivity contribution in [1.29, 1.82) is 0 Å². The van der Waals surface area contributed by atoms with Gasteiger partial charge in [-0.05, 0) is 60.4 Å². The first kappa shape index (κ1) is 25.7. The van der Waals surface area contributed by atoms with Crippen LogP contribution in [0.4, 0.5) is 17.6 Å². The summed E-state index contributed by atoms with van der Waals surface area (Å²) in [5.41, 5.74) is 2.90. The van der Waals surface area contributed by atoms with Crippen LogP contribution in [-0.2, 0) is 6.54 Å². The van der Waals surface area contributed by atoms with Crippen molar-refractivity contribution >= 4 is 35.2 Å². The van der Waals surface area contributed by atoms with Crippen molar-refractivity contribution in [2.24, 2.45) is 0 Å². The van der Waals surface area contributed by atoms with Gasteiger partial charge in [-0.1, -0.05) is 53.6 Å². The zero-order valence-electron chi connectivity index (χ0n) is 18.2. The van der Waals surface area contributed by atoms with Crippen LogP contribution in [0.3, 0.4) is 0 Å². The Morgan fingerprint density at radius 3 is 2.32 bits per heavy atom. The van der Waals surface area contributed by atoms with E-state index >= 15 is 0 Å². The first-order chi connectivity index (χ1) is 16.0. The first-order valence-electron chi connectivity index (χ1n) is 10.2. The Bertz CT molecular complexity index is 1200. The summed E-state index contributed by atoms with van der Waals surface area (Å²) >= 11 is 11.4. The standard InChI is InChI=1S/C25H20Cl2F4N2O/c1-14-9-16(5-7-19(14)24(34)33-13-17-4-3-15(2)32-12-17)6-8-20(25(29,30)31)18-10-21(26)23(28)22(27)11-18/h3-12,20H,13H2,1-2H3,(H,33,34)/b8-6+. The molecule has 3 rings (SSSR count). The number of alkyl halides is 3. The first-order valence-corrected chi connectivity index (χ1v) is 10.9. The van der Waals surface area contributed by atoms with Crippen LogP contribution >= 0.6 is 23.2 Å². The summed E-state index contributed by atoms with van der Waals surface area (Å²) in [5, 5.41) is 1.82. The second-order valence-corrected chi connectivity index (χ2v) is 8.56. The summed E-state index contributed by atoms with van der Waals surface area (Å²) in [6.45, 7) is 3.85. The Labute approximate surface area is 204 Å². The molecule has 178 valence electrons. The van der Waals surface area contributed by atoms with Gasteiger partial charge in [0.05, 0.1) is 16.0 Å². The van der Waals surface area contributed by atoms with E-state index in [1.165, 1.54) is 6.08 Å². The summed E-state index contributed by atoms with van der Waals surface area (Å²) < 4.78 is 54.7. The van der Waals surface area contributed by atoms with Crippen LogP contribution in [0.15, 0.2) is 54.7 Å². The van der Waals surface area contributed by atoms with E-state index in [4.69, 9.17) is 23.2 Å². The van der Waals surface area contributed by atoms with Gasteiger partial charge in [-0.25, -0.2) is 4.39 Å². The van der Waals surface area contributed by atoms with Gasteiger partial charge in [-0.15, -0.1) is 0 Å². The number of aromatic nitrogens is 1. The number of aryl methyl sites for hydroxylation is 2. The number of pyridine rings is 1. The SMILES string of the molecule is Cc1ccc(CNC(=O)c2ccc(/C=C/C(c3cc(Cl)c(F)c(Cl)c3)C(F)(F)F)cc2C)cn1. The Morgan fingerprint density at radius 1 is 1.09 bits per heavy atom. The highest BCUT2D eigenvalue weighted by atomic mass is 35.5. The Hall–Kier alpha value is -2.90. The van der Waals surface area contributed by atoms with E-state index in [2.05, 4.69) is 10.3 Å². The number of nitrogens with one attached hydrogen (secondary N) is 1. The number of nitrogens with zero attached hydrogens (tertiary/aromatic N) is 1. The van der Waals surface area contributed by atoms with E-state index in [0.29, 0.717) is 23.2 Å². The third-order valence-corrected chi connectivity index (χ3v) is 5.67. The molecule has 2 aromatic carbocycles. The number of allylic oxidation sites excluding steroid dienone is 1. The Balaban J connectivity index is 1.77. The van der Waals surface area contributed by atoms with Crippen molar-refractivity contribution in [3.05, 3.63) is 104 Å². The highest BCUT2D eigenvalue weighted by Crippen LogP contribution is 2.39. The maximum atomic E-state index is 13.7. The summed E-state index contributed by atoms with van der Waals surface area (Å²) in [4.78, 5) is 16.7. The van der Waals surface area contributed by atoms with Crippen molar-refractivity contribution in [3.8, 4) is 0 Å². The molecule has 1 amide bonds. The molecule has 9 heteroatoms. The molecular weight excluding hydrogens is 491 g/mol. The molecule has 1 unspecified atom stereocenters. The van der Waals surface area contributed by atoms with Crippen molar-refractivity contribution < 1.29 is 22.4 Å². The second kappa shape index (κ2) is 10.6. The third kappa shape index (κ3) is 6.36. The van der Waals surface area contributed by atoms with Gasteiger partial charge < -0.3 is 5.32 Å². The molecule has 0 saturated heterocycles. The molecule has 34 heavy (non-hydrogen) atoms. The number of carbonyl (C=O) groups excluding carboxylic acids is 1. The minimum Gasteiger partial charge on any atom is -0.348 e. The zero-order valence-corrected chi connectivity index (χ0v) is 19.7. The average molecular weight is 511 g/mol. The van der Waals surface area contributed by atoms with Gasteiger partial charge in [0.2, 0.25) is 0 Å². The fourth-order valence-corrected chi connectivity index (χ4v) is 3.80. The van der Waals surface area contributed by atoms with E-state index < -0.39 is 28.0 Å². The number of benzene rings is 2. The van der Waals surface area contributed by atoms with E-state index in [-0.39, 0.29) is 11.5 Å². The number of carbonyl (C=O) groups is 1. The molecule has 1 N–H and O–H groups in total. The summed E-state index contributed by atoms with van der Waals surface area (Å²) in [7, 11) is 0. The molecule has 0 aliphatic carbocycles. The van der Waals surface area contributed by atoms with Crippen molar-refractivity contribution in [2.75, 3.05) is 0 Å². The van der Waals surface area contributed by atoms with Crippen LogP contribution in [0.1, 0.15) is 44.2 Å². The molecule has 0 aliphatic heterocycles. The molecule has 0 radical (unpaired) electrons. The highest BCUT2D eigenvalue weighted by molar-refractivity contribution is 6.35. The van der Waals surface area contributed by atoms with Crippen LogP contribution in [0, 0.1) is 19.7 Å². The average Bonchev–Trinajstić information content (AvgIpc) is 2.76. The van der Waals surface area contributed by atoms with Gasteiger partial charge >= 0.3 is 6.18 Å². The highest BCUT2D eigenvalue weighted by Gasteiger charge is 2.39. The zero-order chi connectivity index (χ0) is 25.0. The minimum atomic E-state index is -4.65. The van der Waals surface area contributed by atoms with Crippen molar-refractivity contribution in [3.63, 3.8) is 0 Å². The van der Waals surface area contributed by atoms with Crippen molar-refractivity contribution in [1.82, 2.24) is 10.3 Å². The fraction of sp³-hybridized carbons (Fsp3) is 0.200. The lowest BCUT2D eigenvalue weighted by atomic mass is 9.96. The Morgan fingerprint density at radius 2 is 1.76 bits per heavy atom. The topological polar surface area (TPSA) is 42.0 Å². The lowest BCUT2D eigenvalue weighted by Gasteiger charge is -2.18. The van der Waals surface area contributed by atoms with E-state index in [9.17, 15) is 22.4 Å². The molecule has 3 nitrogen and oxygen atoms in total. The summed E-state index contributed by atoms with van der Waals surface area (Å²) in [6, 6.07) is 10.2. The smallest absolute Gasteiger partial charge is 0.348 e. The predicted molar refractivity (Wildman–Crippen MR) is 126 cm³/mol. The van der Waals surface area contributed by atoms with Crippen LogP contribution in [0.25, 0.3) is 6.08 Å². The number of hydrogen-bond acceptors (Lipinski definition) is 2. The van der Waals surface area contributed by atoms with Gasteiger partial charge in [-0.2, -0.15) is 13.2 Å². The van der Waals surface area contributed by atoms with Crippen LogP contribution < -0.4 is 5.32 Å². The Kier molecular flexibility index (Phi) is 8.00.